The Morgan fingerprint density at radius 1 is 1.05 bits per heavy atom. The number of ether oxygens (including phenoxy) is 3. The molecular weight excluding hydrogens is 284 g/mol. The lowest BCUT2D eigenvalue weighted by molar-refractivity contribution is 0.234. The van der Waals surface area contributed by atoms with Crippen LogP contribution in [0.1, 0.15) is 38.8 Å². The third-order valence-corrected chi connectivity index (χ3v) is 3.52. The van der Waals surface area contributed by atoms with E-state index in [4.69, 9.17) is 14.2 Å². The van der Waals surface area contributed by atoms with Crippen LogP contribution in [0.2, 0.25) is 0 Å². The van der Waals surface area contributed by atoms with Crippen LogP contribution in [0.25, 0.3) is 0 Å². The second kappa shape index (κ2) is 8.36. The van der Waals surface area contributed by atoms with Gasteiger partial charge in [-0.15, -0.1) is 0 Å². The Morgan fingerprint density at radius 3 is 2.00 bits per heavy atom. The van der Waals surface area contributed by atoms with Gasteiger partial charge in [0.15, 0.2) is 11.5 Å². The minimum Gasteiger partial charge on any atom is -0.493 e. The molecule has 0 spiro atoms. The van der Waals surface area contributed by atoms with Crippen LogP contribution in [0.15, 0.2) is 12.1 Å². The summed E-state index contributed by atoms with van der Waals surface area (Å²) in [7, 11) is 4.69. The molecule has 124 valence electrons. The van der Waals surface area contributed by atoms with Crippen LogP contribution >= 0.6 is 0 Å². The van der Waals surface area contributed by atoms with Crippen LogP contribution in [-0.4, -0.2) is 33.4 Å². The summed E-state index contributed by atoms with van der Waals surface area (Å²) in [6.07, 6.45) is 0.881. The van der Waals surface area contributed by atoms with Crippen molar-refractivity contribution in [3.05, 3.63) is 17.7 Å². The summed E-state index contributed by atoms with van der Waals surface area (Å²) in [6.45, 7) is 5.88. The number of urea groups is 1. The second-order valence-electron chi connectivity index (χ2n) is 5.11. The molecule has 0 aliphatic heterocycles. The Morgan fingerprint density at radius 2 is 1.59 bits per heavy atom. The van der Waals surface area contributed by atoms with Crippen molar-refractivity contribution in [3.63, 3.8) is 0 Å². The van der Waals surface area contributed by atoms with Crippen LogP contribution in [0, 0.1) is 0 Å². The van der Waals surface area contributed by atoms with Crippen molar-refractivity contribution in [2.45, 2.75) is 39.3 Å². The first-order valence-corrected chi connectivity index (χ1v) is 7.33. The number of hydrogen-bond acceptors (Lipinski definition) is 4. The first-order chi connectivity index (χ1) is 10.5. The zero-order chi connectivity index (χ0) is 16.7. The highest BCUT2D eigenvalue weighted by Gasteiger charge is 2.17. The Balaban J connectivity index is 2.93. The van der Waals surface area contributed by atoms with Crippen molar-refractivity contribution in [2.75, 3.05) is 21.3 Å². The average Bonchev–Trinajstić information content (AvgIpc) is 2.52. The molecule has 0 aromatic heterocycles. The summed E-state index contributed by atoms with van der Waals surface area (Å²) in [5.41, 5.74) is 0.869. The van der Waals surface area contributed by atoms with Crippen molar-refractivity contribution >= 4 is 6.03 Å². The second-order valence-corrected chi connectivity index (χ2v) is 5.11. The number of benzene rings is 1. The fraction of sp³-hybridized carbons (Fsp3) is 0.562. The maximum Gasteiger partial charge on any atom is 0.315 e. The van der Waals surface area contributed by atoms with Crippen molar-refractivity contribution in [3.8, 4) is 17.2 Å². The van der Waals surface area contributed by atoms with Gasteiger partial charge in [0.05, 0.1) is 27.4 Å². The molecule has 0 saturated carbocycles. The molecule has 2 amide bonds. The predicted octanol–water partition coefficient (Wildman–Crippen LogP) is 2.87. The van der Waals surface area contributed by atoms with Gasteiger partial charge in [0, 0.05) is 6.04 Å². The normalized spacial score (nSPS) is 13.0. The third-order valence-electron chi connectivity index (χ3n) is 3.52. The smallest absolute Gasteiger partial charge is 0.315 e. The van der Waals surface area contributed by atoms with E-state index in [-0.39, 0.29) is 18.1 Å². The molecule has 0 fully saturated rings. The van der Waals surface area contributed by atoms with Crippen molar-refractivity contribution < 1.29 is 19.0 Å². The SMILES string of the molecule is CCC(C)NC(=O)NC(C)c1cc(OC)c(OC)c(OC)c1. The van der Waals surface area contributed by atoms with Gasteiger partial charge in [-0.1, -0.05) is 6.92 Å². The van der Waals surface area contributed by atoms with E-state index in [9.17, 15) is 4.79 Å². The summed E-state index contributed by atoms with van der Waals surface area (Å²) in [6, 6.07) is 3.39. The van der Waals surface area contributed by atoms with E-state index in [0.29, 0.717) is 17.2 Å². The first kappa shape index (κ1) is 17.9. The summed E-state index contributed by atoms with van der Waals surface area (Å²) in [4.78, 5) is 11.9. The molecule has 0 bridgehead atoms. The van der Waals surface area contributed by atoms with Crippen molar-refractivity contribution in [1.82, 2.24) is 10.6 Å². The third kappa shape index (κ3) is 4.44. The van der Waals surface area contributed by atoms with E-state index in [1.54, 1.807) is 21.3 Å². The van der Waals surface area contributed by atoms with E-state index in [2.05, 4.69) is 10.6 Å². The van der Waals surface area contributed by atoms with Crippen LogP contribution in [-0.2, 0) is 0 Å². The fourth-order valence-electron chi connectivity index (χ4n) is 2.00. The molecule has 0 saturated heterocycles. The minimum atomic E-state index is -0.199. The van der Waals surface area contributed by atoms with Gasteiger partial charge in [0.2, 0.25) is 5.75 Å². The molecule has 1 aromatic rings. The number of methoxy groups -OCH3 is 3. The standard InChI is InChI=1S/C16H26N2O4/c1-7-10(2)17-16(19)18-11(3)12-8-13(20-4)15(22-6)14(9-12)21-5/h8-11H,7H2,1-6H3,(H2,17,18,19). The lowest BCUT2D eigenvalue weighted by Gasteiger charge is -2.20. The number of nitrogens with one attached hydrogen (secondary N) is 2. The van der Waals surface area contributed by atoms with E-state index >= 15 is 0 Å². The number of rotatable bonds is 7. The van der Waals surface area contributed by atoms with Crippen LogP contribution in [0.3, 0.4) is 0 Å². The average molecular weight is 310 g/mol. The monoisotopic (exact) mass is 310 g/mol. The van der Waals surface area contributed by atoms with Crippen LogP contribution in [0.5, 0.6) is 17.2 Å². The molecule has 6 heteroatoms. The molecule has 0 heterocycles. The highest BCUT2D eigenvalue weighted by Crippen LogP contribution is 2.39. The topological polar surface area (TPSA) is 68.8 Å². The van der Waals surface area contributed by atoms with Gasteiger partial charge in [-0.3, -0.25) is 0 Å². The van der Waals surface area contributed by atoms with Gasteiger partial charge >= 0.3 is 6.03 Å². The number of amides is 2. The largest absolute Gasteiger partial charge is 0.493 e. The van der Waals surface area contributed by atoms with Gasteiger partial charge in [-0.25, -0.2) is 4.79 Å². The Labute approximate surface area is 132 Å². The summed E-state index contributed by atoms with van der Waals surface area (Å²) in [5, 5.41) is 5.77. The van der Waals surface area contributed by atoms with E-state index in [0.717, 1.165) is 12.0 Å². The quantitative estimate of drug-likeness (QED) is 0.812. The molecule has 1 rings (SSSR count). The Kier molecular flexibility index (Phi) is 6.82. The van der Waals surface area contributed by atoms with Gasteiger partial charge in [-0.2, -0.15) is 0 Å². The van der Waals surface area contributed by atoms with Gasteiger partial charge in [0.1, 0.15) is 0 Å². The van der Waals surface area contributed by atoms with Crippen molar-refractivity contribution in [2.24, 2.45) is 0 Å². The summed E-state index contributed by atoms with van der Waals surface area (Å²) < 4.78 is 15.9. The summed E-state index contributed by atoms with van der Waals surface area (Å²) in [5.74, 6) is 1.66. The molecule has 2 unspecified atom stereocenters. The molecule has 6 nitrogen and oxygen atoms in total. The predicted molar refractivity (Wildman–Crippen MR) is 85.9 cm³/mol. The van der Waals surface area contributed by atoms with E-state index in [1.165, 1.54) is 0 Å². The molecule has 0 aliphatic carbocycles. The Bertz CT molecular complexity index is 480. The molecule has 22 heavy (non-hydrogen) atoms. The summed E-state index contributed by atoms with van der Waals surface area (Å²) >= 11 is 0. The molecular formula is C16H26N2O4. The number of hydrogen-bond donors (Lipinski definition) is 2. The number of carbonyl (C=O) groups excluding carboxylic acids is 1. The molecule has 2 atom stereocenters. The maximum absolute atomic E-state index is 11.9. The maximum atomic E-state index is 11.9. The molecule has 0 aliphatic rings. The lowest BCUT2D eigenvalue weighted by atomic mass is 10.1. The molecule has 0 radical (unpaired) electrons. The lowest BCUT2D eigenvalue weighted by Crippen LogP contribution is -2.41. The van der Waals surface area contributed by atoms with Gasteiger partial charge in [0.25, 0.3) is 0 Å². The Hall–Kier alpha value is -2.11. The number of carbonyl (C=O) groups is 1. The minimum absolute atomic E-state index is 0.132. The van der Waals surface area contributed by atoms with E-state index < -0.39 is 0 Å². The zero-order valence-corrected chi connectivity index (χ0v) is 14.1. The van der Waals surface area contributed by atoms with Gasteiger partial charge in [-0.05, 0) is 38.0 Å². The van der Waals surface area contributed by atoms with Crippen LogP contribution in [0.4, 0.5) is 4.79 Å². The van der Waals surface area contributed by atoms with Crippen LogP contribution < -0.4 is 24.8 Å². The van der Waals surface area contributed by atoms with Crippen molar-refractivity contribution in [1.29, 1.82) is 0 Å². The highest BCUT2D eigenvalue weighted by molar-refractivity contribution is 5.74. The zero-order valence-electron chi connectivity index (χ0n) is 14.1. The molecule has 2 N–H and O–H groups in total. The molecule has 1 aromatic carbocycles. The van der Waals surface area contributed by atoms with Gasteiger partial charge < -0.3 is 24.8 Å². The highest BCUT2D eigenvalue weighted by atomic mass is 16.5. The first-order valence-electron chi connectivity index (χ1n) is 7.33. The fourth-order valence-corrected chi connectivity index (χ4v) is 2.00. The van der Waals surface area contributed by atoms with E-state index in [1.807, 2.05) is 32.9 Å².